The highest BCUT2D eigenvalue weighted by Gasteiger charge is 2.30. The highest BCUT2D eigenvalue weighted by atomic mass is 79.9. The molecule has 14 heavy (non-hydrogen) atoms. The van der Waals surface area contributed by atoms with Gasteiger partial charge < -0.3 is 4.90 Å². The van der Waals surface area contributed by atoms with Crippen LogP contribution in [-0.4, -0.2) is 28.7 Å². The van der Waals surface area contributed by atoms with Gasteiger partial charge >= 0.3 is 0 Å². The van der Waals surface area contributed by atoms with E-state index in [9.17, 15) is 4.79 Å². The first-order valence-electron chi connectivity index (χ1n) is 5.58. The number of carbonyl (C=O) groups excluding carboxylic acids is 1. The normalized spacial score (nSPS) is 33.1. The van der Waals surface area contributed by atoms with Gasteiger partial charge in [0.2, 0.25) is 5.91 Å². The molecule has 3 heteroatoms. The van der Waals surface area contributed by atoms with Crippen molar-refractivity contribution >= 4 is 21.8 Å². The Balaban J connectivity index is 1.82. The molecule has 0 radical (unpaired) electrons. The molecule has 2 atom stereocenters. The van der Waals surface area contributed by atoms with Gasteiger partial charge in [-0.2, -0.15) is 0 Å². The fraction of sp³-hybridized carbons (Fsp3) is 0.909. The molecule has 1 aliphatic carbocycles. The number of alkyl halides is 1. The molecule has 2 fully saturated rings. The van der Waals surface area contributed by atoms with Crippen LogP contribution in [0.1, 0.15) is 32.6 Å². The van der Waals surface area contributed by atoms with Crippen molar-refractivity contribution in [2.45, 2.75) is 37.4 Å². The van der Waals surface area contributed by atoms with Gasteiger partial charge in [0, 0.05) is 24.3 Å². The van der Waals surface area contributed by atoms with Crippen molar-refractivity contribution in [1.29, 1.82) is 0 Å². The smallest absolute Gasteiger partial charge is 0.222 e. The SMILES string of the molecule is CC1CN(C(=O)CC2CC2)CCC1Br. The van der Waals surface area contributed by atoms with Gasteiger partial charge in [-0.05, 0) is 31.1 Å². The fourth-order valence-corrected chi connectivity index (χ4v) is 2.41. The minimum atomic E-state index is 0.388. The second kappa shape index (κ2) is 4.21. The third-order valence-corrected chi connectivity index (χ3v) is 4.67. The highest BCUT2D eigenvalue weighted by molar-refractivity contribution is 9.09. The summed E-state index contributed by atoms with van der Waals surface area (Å²) in [5.74, 6) is 1.71. The number of carbonyl (C=O) groups is 1. The highest BCUT2D eigenvalue weighted by Crippen LogP contribution is 2.33. The number of hydrogen-bond acceptors (Lipinski definition) is 1. The van der Waals surface area contributed by atoms with Crippen molar-refractivity contribution < 1.29 is 4.79 Å². The number of nitrogens with zero attached hydrogens (tertiary/aromatic N) is 1. The van der Waals surface area contributed by atoms with E-state index in [1.54, 1.807) is 0 Å². The van der Waals surface area contributed by atoms with Crippen LogP contribution in [0, 0.1) is 11.8 Å². The van der Waals surface area contributed by atoms with Crippen molar-refractivity contribution in [3.8, 4) is 0 Å². The second-order valence-electron chi connectivity index (χ2n) is 4.77. The van der Waals surface area contributed by atoms with E-state index < -0.39 is 0 Å². The molecule has 2 nitrogen and oxygen atoms in total. The standard InChI is InChI=1S/C11H18BrNO/c1-8-7-13(5-4-10(8)12)11(14)6-9-2-3-9/h8-10H,2-7H2,1H3. The largest absolute Gasteiger partial charge is 0.342 e. The zero-order valence-electron chi connectivity index (χ0n) is 8.71. The summed E-state index contributed by atoms with van der Waals surface area (Å²) < 4.78 is 0. The van der Waals surface area contributed by atoms with Gasteiger partial charge in [0.05, 0.1) is 0 Å². The number of likely N-dealkylation sites (tertiary alicyclic amines) is 1. The summed E-state index contributed by atoms with van der Waals surface area (Å²) in [6.07, 6.45) is 4.46. The van der Waals surface area contributed by atoms with E-state index in [1.807, 2.05) is 0 Å². The topological polar surface area (TPSA) is 20.3 Å². The lowest BCUT2D eigenvalue weighted by atomic mass is 9.99. The van der Waals surface area contributed by atoms with E-state index in [0.29, 0.717) is 16.7 Å². The molecule has 1 amide bonds. The average Bonchev–Trinajstić information content (AvgIpc) is 2.93. The zero-order valence-corrected chi connectivity index (χ0v) is 10.3. The van der Waals surface area contributed by atoms with Gasteiger partial charge in [0.1, 0.15) is 0 Å². The van der Waals surface area contributed by atoms with E-state index in [4.69, 9.17) is 0 Å². The van der Waals surface area contributed by atoms with Gasteiger partial charge in [-0.15, -0.1) is 0 Å². The number of piperidine rings is 1. The predicted octanol–water partition coefficient (Wildman–Crippen LogP) is 2.42. The Bertz CT molecular complexity index is 227. The first-order chi connectivity index (χ1) is 6.66. The maximum absolute atomic E-state index is 11.8. The summed E-state index contributed by atoms with van der Waals surface area (Å²) in [6, 6.07) is 0. The summed E-state index contributed by atoms with van der Waals surface area (Å²) in [5, 5.41) is 0. The Kier molecular flexibility index (Phi) is 3.15. The van der Waals surface area contributed by atoms with E-state index in [-0.39, 0.29) is 0 Å². The minimum Gasteiger partial charge on any atom is -0.342 e. The molecular formula is C11H18BrNO. The first kappa shape index (κ1) is 10.5. The Morgan fingerprint density at radius 2 is 2.14 bits per heavy atom. The van der Waals surface area contributed by atoms with Gasteiger partial charge in [0.25, 0.3) is 0 Å². The Morgan fingerprint density at radius 1 is 1.43 bits per heavy atom. The fourth-order valence-electron chi connectivity index (χ4n) is 2.04. The lowest BCUT2D eigenvalue weighted by molar-refractivity contribution is -0.133. The Labute approximate surface area is 94.2 Å². The molecule has 0 N–H and O–H groups in total. The van der Waals surface area contributed by atoms with Crippen LogP contribution < -0.4 is 0 Å². The van der Waals surface area contributed by atoms with Crippen LogP contribution in [0.4, 0.5) is 0 Å². The average molecular weight is 260 g/mol. The summed E-state index contributed by atoms with van der Waals surface area (Å²) in [6.45, 7) is 4.11. The van der Waals surface area contributed by atoms with Gasteiger partial charge in [0.15, 0.2) is 0 Å². The van der Waals surface area contributed by atoms with Crippen LogP contribution in [0.25, 0.3) is 0 Å². The van der Waals surface area contributed by atoms with Crippen molar-refractivity contribution in [2.75, 3.05) is 13.1 Å². The number of rotatable bonds is 2. The second-order valence-corrected chi connectivity index (χ2v) is 5.95. The molecule has 1 aliphatic heterocycles. The molecular weight excluding hydrogens is 242 g/mol. The lowest BCUT2D eigenvalue weighted by Gasteiger charge is -2.34. The molecule has 0 aromatic carbocycles. The van der Waals surface area contributed by atoms with E-state index in [2.05, 4.69) is 27.8 Å². The molecule has 2 aliphatic rings. The zero-order chi connectivity index (χ0) is 10.1. The van der Waals surface area contributed by atoms with Crippen LogP contribution in [0.5, 0.6) is 0 Å². The molecule has 1 saturated carbocycles. The van der Waals surface area contributed by atoms with E-state index >= 15 is 0 Å². The monoisotopic (exact) mass is 259 g/mol. The Hall–Kier alpha value is -0.0500. The molecule has 0 aromatic rings. The maximum atomic E-state index is 11.8. The number of hydrogen-bond donors (Lipinski definition) is 0. The summed E-state index contributed by atoms with van der Waals surface area (Å²) in [5.41, 5.74) is 0. The van der Waals surface area contributed by atoms with Crippen LogP contribution in [0.2, 0.25) is 0 Å². The maximum Gasteiger partial charge on any atom is 0.222 e. The summed E-state index contributed by atoms with van der Waals surface area (Å²) in [4.78, 5) is 14.5. The number of amides is 1. The molecule has 80 valence electrons. The van der Waals surface area contributed by atoms with Crippen LogP contribution in [0.3, 0.4) is 0 Å². The van der Waals surface area contributed by atoms with Gasteiger partial charge in [-0.25, -0.2) is 0 Å². The van der Waals surface area contributed by atoms with Crippen molar-refractivity contribution in [3.05, 3.63) is 0 Å². The van der Waals surface area contributed by atoms with E-state index in [0.717, 1.165) is 31.8 Å². The molecule has 0 aromatic heterocycles. The third-order valence-electron chi connectivity index (χ3n) is 3.31. The van der Waals surface area contributed by atoms with Crippen molar-refractivity contribution in [1.82, 2.24) is 4.90 Å². The molecule has 0 bridgehead atoms. The lowest BCUT2D eigenvalue weighted by Crippen LogP contribution is -2.43. The van der Waals surface area contributed by atoms with E-state index in [1.165, 1.54) is 12.8 Å². The third kappa shape index (κ3) is 2.50. The molecule has 2 unspecified atom stereocenters. The molecule has 0 spiro atoms. The van der Waals surface area contributed by atoms with Crippen LogP contribution in [0.15, 0.2) is 0 Å². The summed E-state index contributed by atoms with van der Waals surface area (Å²) in [7, 11) is 0. The van der Waals surface area contributed by atoms with Gasteiger partial charge in [-0.1, -0.05) is 22.9 Å². The molecule has 1 saturated heterocycles. The first-order valence-corrected chi connectivity index (χ1v) is 6.50. The Morgan fingerprint density at radius 3 is 2.71 bits per heavy atom. The van der Waals surface area contributed by atoms with Crippen LogP contribution >= 0.6 is 15.9 Å². The quantitative estimate of drug-likeness (QED) is 0.698. The number of halogens is 1. The van der Waals surface area contributed by atoms with Gasteiger partial charge in [-0.3, -0.25) is 4.79 Å². The van der Waals surface area contributed by atoms with Crippen molar-refractivity contribution in [2.24, 2.45) is 11.8 Å². The molecule has 1 heterocycles. The summed E-state index contributed by atoms with van der Waals surface area (Å²) >= 11 is 3.66. The molecule has 2 rings (SSSR count). The van der Waals surface area contributed by atoms with Crippen LogP contribution in [-0.2, 0) is 4.79 Å². The van der Waals surface area contributed by atoms with Crippen molar-refractivity contribution in [3.63, 3.8) is 0 Å². The minimum absolute atomic E-state index is 0.388. The predicted molar refractivity (Wildman–Crippen MR) is 60.4 cm³/mol.